The maximum absolute atomic E-state index is 12.8. The molecule has 0 spiro atoms. The molecule has 3 aromatic carbocycles. The van der Waals surface area contributed by atoms with Gasteiger partial charge in [-0.15, -0.1) is 10.2 Å². The van der Waals surface area contributed by atoms with Crippen LogP contribution < -0.4 is 10.2 Å². The van der Waals surface area contributed by atoms with Gasteiger partial charge in [-0.1, -0.05) is 41.6 Å². The molecule has 0 aliphatic carbocycles. The number of nitrogens with one attached hydrogen (secondary N) is 1. The monoisotopic (exact) mass is 531 g/mol. The van der Waals surface area contributed by atoms with Gasteiger partial charge in [0.05, 0.1) is 22.6 Å². The number of anilines is 2. The summed E-state index contributed by atoms with van der Waals surface area (Å²) in [6.45, 7) is 4.47. The fourth-order valence-electron chi connectivity index (χ4n) is 4.08. The first-order chi connectivity index (χ1) is 17.9. The predicted octanol–water partition coefficient (Wildman–Crippen LogP) is 5.46. The molecule has 5 rings (SSSR count). The van der Waals surface area contributed by atoms with E-state index in [1.807, 2.05) is 30.5 Å². The SMILES string of the molecule is CCn1c(SCC(=O)Nc2ccc(C)c(Cl)c2)nnc1-c1ccc(N2C(=O)c3ccccc3C2=O)cc1. The van der Waals surface area contributed by atoms with E-state index in [2.05, 4.69) is 15.5 Å². The Morgan fingerprint density at radius 3 is 2.27 bits per heavy atom. The molecule has 4 aromatic rings. The Hall–Kier alpha value is -3.95. The van der Waals surface area contributed by atoms with Crippen molar-refractivity contribution in [1.82, 2.24) is 14.8 Å². The highest BCUT2D eigenvalue weighted by Gasteiger charge is 2.36. The van der Waals surface area contributed by atoms with E-state index in [1.54, 1.807) is 54.6 Å². The average Bonchev–Trinajstić information content (AvgIpc) is 3.43. The molecule has 0 saturated carbocycles. The first-order valence-electron chi connectivity index (χ1n) is 11.6. The molecule has 10 heteroatoms. The van der Waals surface area contributed by atoms with Crippen LogP contribution in [0.1, 0.15) is 33.2 Å². The van der Waals surface area contributed by atoms with Gasteiger partial charge in [-0.25, -0.2) is 4.90 Å². The third kappa shape index (κ3) is 4.75. The Morgan fingerprint density at radius 2 is 1.65 bits per heavy atom. The van der Waals surface area contributed by atoms with Crippen LogP contribution in [0.4, 0.5) is 11.4 Å². The van der Waals surface area contributed by atoms with E-state index in [0.717, 1.165) is 11.1 Å². The second-order valence-electron chi connectivity index (χ2n) is 8.39. The minimum Gasteiger partial charge on any atom is -0.325 e. The van der Waals surface area contributed by atoms with E-state index < -0.39 is 0 Å². The molecule has 0 radical (unpaired) electrons. The summed E-state index contributed by atoms with van der Waals surface area (Å²) in [4.78, 5) is 39.2. The van der Waals surface area contributed by atoms with Gasteiger partial charge in [0, 0.05) is 22.8 Å². The van der Waals surface area contributed by atoms with Crippen LogP contribution in [0.2, 0.25) is 5.02 Å². The molecule has 1 aromatic heterocycles. The van der Waals surface area contributed by atoms with Crippen LogP contribution in [0.25, 0.3) is 11.4 Å². The molecule has 3 amide bonds. The zero-order chi connectivity index (χ0) is 26.1. The van der Waals surface area contributed by atoms with Crippen LogP contribution in [-0.2, 0) is 11.3 Å². The fourth-order valence-corrected chi connectivity index (χ4v) is 5.06. The third-order valence-corrected chi connectivity index (χ3v) is 7.37. The maximum atomic E-state index is 12.8. The van der Waals surface area contributed by atoms with Crippen LogP contribution in [0.15, 0.2) is 71.9 Å². The molecule has 2 heterocycles. The van der Waals surface area contributed by atoms with Gasteiger partial charge in [0.2, 0.25) is 5.91 Å². The van der Waals surface area contributed by atoms with Gasteiger partial charge in [-0.05, 0) is 67.9 Å². The summed E-state index contributed by atoms with van der Waals surface area (Å²) in [5.41, 5.74) is 3.64. The molecule has 1 aliphatic rings. The summed E-state index contributed by atoms with van der Waals surface area (Å²) in [6.07, 6.45) is 0. The molecule has 0 unspecified atom stereocenters. The van der Waals surface area contributed by atoms with E-state index in [0.29, 0.717) is 45.0 Å². The quantitative estimate of drug-likeness (QED) is 0.251. The lowest BCUT2D eigenvalue weighted by Crippen LogP contribution is -2.29. The van der Waals surface area contributed by atoms with Crippen molar-refractivity contribution in [2.75, 3.05) is 16.0 Å². The standard InChI is InChI=1S/C27H22ClN5O3S/c1-3-32-24(30-31-27(32)37-15-23(34)29-18-11-8-16(2)22(28)14-18)17-9-12-19(13-10-17)33-25(35)20-6-4-5-7-21(20)26(33)36/h4-14H,3,15H2,1-2H3,(H,29,34). The molecule has 37 heavy (non-hydrogen) atoms. The molecule has 1 aliphatic heterocycles. The number of fused-ring (bicyclic) bond motifs is 1. The van der Waals surface area contributed by atoms with Gasteiger partial charge in [0.25, 0.3) is 11.8 Å². The topological polar surface area (TPSA) is 97.2 Å². The number of amides is 3. The van der Waals surface area contributed by atoms with Crippen molar-refractivity contribution in [3.8, 4) is 11.4 Å². The lowest BCUT2D eigenvalue weighted by atomic mass is 10.1. The minimum absolute atomic E-state index is 0.155. The number of aryl methyl sites for hydroxylation is 1. The molecule has 8 nitrogen and oxygen atoms in total. The summed E-state index contributed by atoms with van der Waals surface area (Å²) in [6, 6.07) is 19.2. The van der Waals surface area contributed by atoms with Gasteiger partial charge in [-0.2, -0.15) is 0 Å². The zero-order valence-electron chi connectivity index (χ0n) is 20.1. The van der Waals surface area contributed by atoms with Crippen molar-refractivity contribution >= 4 is 52.5 Å². The van der Waals surface area contributed by atoms with E-state index in [4.69, 9.17) is 11.6 Å². The molecule has 186 valence electrons. The number of benzene rings is 3. The summed E-state index contributed by atoms with van der Waals surface area (Å²) in [7, 11) is 0. The van der Waals surface area contributed by atoms with Gasteiger partial charge in [-0.3, -0.25) is 14.4 Å². The highest BCUT2D eigenvalue weighted by molar-refractivity contribution is 7.99. The maximum Gasteiger partial charge on any atom is 0.266 e. The summed E-state index contributed by atoms with van der Waals surface area (Å²) < 4.78 is 1.91. The Bertz CT molecular complexity index is 1500. The van der Waals surface area contributed by atoms with Gasteiger partial charge in [0.15, 0.2) is 11.0 Å². The number of hydrogen-bond donors (Lipinski definition) is 1. The van der Waals surface area contributed by atoms with E-state index >= 15 is 0 Å². The molecule has 0 atom stereocenters. The number of thioether (sulfide) groups is 1. The summed E-state index contributed by atoms with van der Waals surface area (Å²) >= 11 is 7.42. The highest BCUT2D eigenvalue weighted by Crippen LogP contribution is 2.31. The van der Waals surface area contributed by atoms with Crippen molar-refractivity contribution < 1.29 is 14.4 Å². The largest absolute Gasteiger partial charge is 0.325 e. The highest BCUT2D eigenvalue weighted by atomic mass is 35.5. The number of imide groups is 1. The summed E-state index contributed by atoms with van der Waals surface area (Å²) in [5.74, 6) is -0.0700. The van der Waals surface area contributed by atoms with Gasteiger partial charge < -0.3 is 9.88 Å². The number of rotatable bonds is 7. The number of carbonyl (C=O) groups excluding carboxylic acids is 3. The number of hydrogen-bond acceptors (Lipinski definition) is 6. The molecule has 0 bridgehead atoms. The molecule has 1 N–H and O–H groups in total. The van der Waals surface area contributed by atoms with Crippen LogP contribution in [0.3, 0.4) is 0 Å². The third-order valence-electron chi connectivity index (χ3n) is 6.00. The number of halogens is 1. The smallest absolute Gasteiger partial charge is 0.266 e. The molecule has 0 fully saturated rings. The lowest BCUT2D eigenvalue weighted by Gasteiger charge is -2.14. The van der Waals surface area contributed by atoms with Gasteiger partial charge in [0.1, 0.15) is 0 Å². The summed E-state index contributed by atoms with van der Waals surface area (Å²) in [5, 5.41) is 12.6. The Balaban J connectivity index is 1.29. The van der Waals surface area contributed by atoms with Crippen molar-refractivity contribution in [2.45, 2.75) is 25.5 Å². The lowest BCUT2D eigenvalue weighted by molar-refractivity contribution is -0.113. The molecular formula is C27H22ClN5O3S. The van der Waals surface area contributed by atoms with Crippen LogP contribution in [0, 0.1) is 6.92 Å². The van der Waals surface area contributed by atoms with E-state index in [1.165, 1.54) is 16.7 Å². The predicted molar refractivity (Wildman–Crippen MR) is 144 cm³/mol. The number of aromatic nitrogens is 3. The first kappa shape index (κ1) is 24.7. The Morgan fingerprint density at radius 1 is 0.973 bits per heavy atom. The van der Waals surface area contributed by atoms with Crippen LogP contribution in [-0.4, -0.2) is 38.2 Å². The average molecular weight is 532 g/mol. The van der Waals surface area contributed by atoms with E-state index in [9.17, 15) is 14.4 Å². The number of nitrogens with zero attached hydrogens (tertiary/aromatic N) is 4. The van der Waals surface area contributed by atoms with Crippen LogP contribution in [0.5, 0.6) is 0 Å². The number of carbonyl (C=O) groups is 3. The minimum atomic E-state index is -0.338. The second-order valence-corrected chi connectivity index (χ2v) is 9.74. The Kier molecular flexibility index (Phi) is 6.82. The zero-order valence-corrected chi connectivity index (χ0v) is 21.6. The van der Waals surface area contributed by atoms with E-state index in [-0.39, 0.29) is 23.5 Å². The van der Waals surface area contributed by atoms with Crippen LogP contribution >= 0.6 is 23.4 Å². The second kappa shape index (κ2) is 10.2. The molecular weight excluding hydrogens is 510 g/mol. The van der Waals surface area contributed by atoms with Crippen molar-refractivity contribution in [2.24, 2.45) is 0 Å². The van der Waals surface area contributed by atoms with Crippen molar-refractivity contribution in [1.29, 1.82) is 0 Å². The molecule has 0 saturated heterocycles. The fraction of sp³-hybridized carbons (Fsp3) is 0.148. The normalized spacial score (nSPS) is 12.7. The first-order valence-corrected chi connectivity index (χ1v) is 12.9. The van der Waals surface area contributed by atoms with Crippen molar-refractivity contribution in [3.63, 3.8) is 0 Å². The van der Waals surface area contributed by atoms with Gasteiger partial charge >= 0.3 is 0 Å². The Labute approximate surface area is 222 Å². The van der Waals surface area contributed by atoms with Crippen molar-refractivity contribution in [3.05, 3.63) is 88.4 Å².